The van der Waals surface area contributed by atoms with Crippen LogP contribution in [0.4, 0.5) is 0 Å². The molecular weight excluding hydrogens is 316 g/mol. The van der Waals surface area contributed by atoms with E-state index in [1.807, 2.05) is 0 Å². The molecule has 0 fully saturated rings. The van der Waals surface area contributed by atoms with E-state index in [1.165, 1.54) is 11.2 Å². The van der Waals surface area contributed by atoms with Crippen LogP contribution in [0.2, 0.25) is 5.02 Å². The zero-order valence-corrected chi connectivity index (χ0v) is 13.1. The maximum absolute atomic E-state index is 12.6. The fourth-order valence-electron chi connectivity index (χ4n) is 2.55. The largest absolute Gasteiger partial charge is 0.340 e. The maximum atomic E-state index is 12.6. The van der Waals surface area contributed by atoms with Crippen LogP contribution in [0.15, 0.2) is 24.5 Å². The van der Waals surface area contributed by atoms with E-state index in [-0.39, 0.29) is 30.6 Å². The van der Waals surface area contributed by atoms with Crippen LogP contribution in [0, 0.1) is 12.3 Å². The van der Waals surface area contributed by atoms with Gasteiger partial charge >= 0.3 is 0 Å². The Morgan fingerprint density at radius 2 is 2.30 bits per heavy atom. The van der Waals surface area contributed by atoms with E-state index in [2.05, 4.69) is 16.2 Å². The van der Waals surface area contributed by atoms with Crippen molar-refractivity contribution in [2.24, 2.45) is 0 Å². The molecular formula is C16H13ClN4O2. The van der Waals surface area contributed by atoms with Crippen molar-refractivity contribution in [2.45, 2.75) is 6.54 Å². The molecule has 2 amide bonds. The highest BCUT2D eigenvalue weighted by Gasteiger charge is 2.29. The highest BCUT2D eigenvalue weighted by atomic mass is 35.5. The number of hydrogen-bond donors (Lipinski definition) is 1. The van der Waals surface area contributed by atoms with E-state index < -0.39 is 0 Å². The summed E-state index contributed by atoms with van der Waals surface area (Å²) < 4.78 is 1.72. The molecule has 0 atom stereocenters. The lowest BCUT2D eigenvalue weighted by molar-refractivity contribution is 0.0785. The molecule has 0 aliphatic carbocycles. The summed E-state index contributed by atoms with van der Waals surface area (Å²) in [7, 11) is 1.65. The fraction of sp³-hybridized carbons (Fsp3) is 0.188. The molecule has 116 valence electrons. The van der Waals surface area contributed by atoms with Crippen LogP contribution in [-0.4, -0.2) is 39.9 Å². The normalized spacial score (nSPS) is 12.9. The van der Waals surface area contributed by atoms with Crippen molar-refractivity contribution in [1.29, 1.82) is 0 Å². The minimum atomic E-state index is -0.372. The standard InChI is InChI=1S/C16H13ClN4O2/c1-3-7-18-15(22)14-12-8-20(2)16(23)13-10(17)5-4-6-11(13)21(12)9-19-14/h1,4-6,9H,7-8H2,2H3,(H,18,22). The number of nitrogens with one attached hydrogen (secondary N) is 1. The van der Waals surface area contributed by atoms with Crippen LogP contribution in [-0.2, 0) is 6.54 Å². The first-order chi connectivity index (χ1) is 11.0. The number of halogens is 1. The highest BCUT2D eigenvalue weighted by molar-refractivity contribution is 6.34. The third-order valence-electron chi connectivity index (χ3n) is 3.63. The first-order valence-corrected chi connectivity index (χ1v) is 7.24. The lowest BCUT2D eigenvalue weighted by atomic mass is 10.1. The molecule has 1 aliphatic rings. The summed E-state index contributed by atoms with van der Waals surface area (Å²) in [6.45, 7) is 0.352. The van der Waals surface area contributed by atoms with Crippen molar-refractivity contribution in [3.63, 3.8) is 0 Å². The first-order valence-electron chi connectivity index (χ1n) is 6.86. The number of terminal acetylenes is 1. The van der Waals surface area contributed by atoms with Gasteiger partial charge in [-0.25, -0.2) is 4.98 Å². The second kappa shape index (κ2) is 5.78. The van der Waals surface area contributed by atoms with Gasteiger partial charge in [-0.1, -0.05) is 23.6 Å². The number of benzene rings is 1. The van der Waals surface area contributed by atoms with Gasteiger partial charge in [-0.3, -0.25) is 14.2 Å². The third-order valence-corrected chi connectivity index (χ3v) is 3.95. The van der Waals surface area contributed by atoms with E-state index in [0.29, 0.717) is 22.0 Å². The number of carbonyl (C=O) groups is 2. The second-order valence-electron chi connectivity index (χ2n) is 5.09. The summed E-state index contributed by atoms with van der Waals surface area (Å²) >= 11 is 6.20. The molecule has 1 aromatic carbocycles. The summed E-state index contributed by atoms with van der Waals surface area (Å²) in [5.41, 5.74) is 1.85. The monoisotopic (exact) mass is 328 g/mol. The van der Waals surface area contributed by atoms with Gasteiger partial charge in [0.05, 0.1) is 35.1 Å². The number of nitrogens with zero attached hydrogens (tertiary/aromatic N) is 3. The summed E-state index contributed by atoms with van der Waals surface area (Å²) in [5, 5.41) is 2.95. The lowest BCUT2D eigenvalue weighted by Crippen LogP contribution is -2.28. The van der Waals surface area contributed by atoms with Crippen molar-refractivity contribution in [3.05, 3.63) is 46.5 Å². The van der Waals surface area contributed by atoms with Crippen molar-refractivity contribution < 1.29 is 9.59 Å². The molecule has 2 heterocycles. The lowest BCUT2D eigenvalue weighted by Gasteiger charge is -2.15. The summed E-state index contributed by atoms with van der Waals surface area (Å²) in [4.78, 5) is 30.4. The van der Waals surface area contributed by atoms with Crippen molar-refractivity contribution >= 4 is 23.4 Å². The summed E-state index contributed by atoms with van der Waals surface area (Å²) in [5.74, 6) is 1.77. The van der Waals surface area contributed by atoms with Gasteiger partial charge < -0.3 is 10.2 Å². The second-order valence-corrected chi connectivity index (χ2v) is 5.50. The molecule has 0 saturated heterocycles. The fourth-order valence-corrected chi connectivity index (χ4v) is 2.80. The summed E-state index contributed by atoms with van der Waals surface area (Å²) in [6, 6.07) is 5.18. The maximum Gasteiger partial charge on any atom is 0.272 e. The molecule has 2 aromatic rings. The predicted octanol–water partition coefficient (Wildman–Crippen LogP) is 1.47. The molecule has 0 saturated carbocycles. The number of rotatable bonds is 2. The molecule has 23 heavy (non-hydrogen) atoms. The quantitative estimate of drug-likeness (QED) is 0.849. The smallest absolute Gasteiger partial charge is 0.272 e. The SMILES string of the molecule is C#CCNC(=O)c1ncn2c1CN(C)C(=O)c1c(Cl)cccc1-2. The zero-order valence-electron chi connectivity index (χ0n) is 12.3. The van der Waals surface area contributed by atoms with Gasteiger partial charge in [0, 0.05) is 7.05 Å². The van der Waals surface area contributed by atoms with Gasteiger partial charge in [-0.2, -0.15) is 0 Å². The van der Waals surface area contributed by atoms with Gasteiger partial charge in [-0.15, -0.1) is 6.42 Å². The Morgan fingerprint density at radius 3 is 3.04 bits per heavy atom. The van der Waals surface area contributed by atoms with Crippen LogP contribution in [0.5, 0.6) is 0 Å². The van der Waals surface area contributed by atoms with Crippen LogP contribution < -0.4 is 5.32 Å². The molecule has 1 N–H and O–H groups in total. The Bertz CT molecular complexity index is 850. The van der Waals surface area contributed by atoms with Gasteiger partial charge in [0.25, 0.3) is 11.8 Å². The van der Waals surface area contributed by atoms with E-state index in [9.17, 15) is 9.59 Å². The van der Waals surface area contributed by atoms with E-state index in [4.69, 9.17) is 18.0 Å². The Morgan fingerprint density at radius 1 is 1.52 bits per heavy atom. The van der Waals surface area contributed by atoms with Crippen molar-refractivity contribution in [1.82, 2.24) is 19.8 Å². The van der Waals surface area contributed by atoms with Crippen molar-refractivity contribution in [2.75, 3.05) is 13.6 Å². The van der Waals surface area contributed by atoms with Gasteiger partial charge in [0.15, 0.2) is 5.69 Å². The molecule has 7 heteroatoms. The number of imidazole rings is 1. The molecule has 0 spiro atoms. The van der Waals surface area contributed by atoms with Gasteiger partial charge in [0.2, 0.25) is 0 Å². The number of carbonyl (C=O) groups excluding carboxylic acids is 2. The Kier molecular flexibility index (Phi) is 3.80. The van der Waals surface area contributed by atoms with Gasteiger partial charge in [-0.05, 0) is 12.1 Å². The molecule has 3 rings (SSSR count). The van der Waals surface area contributed by atoms with E-state index in [1.54, 1.807) is 29.8 Å². The van der Waals surface area contributed by atoms with Crippen LogP contribution in [0.3, 0.4) is 0 Å². The Labute approximate surface area is 138 Å². The van der Waals surface area contributed by atoms with Crippen molar-refractivity contribution in [3.8, 4) is 18.0 Å². The molecule has 0 unspecified atom stereocenters. The highest BCUT2D eigenvalue weighted by Crippen LogP contribution is 2.30. The molecule has 0 bridgehead atoms. The van der Waals surface area contributed by atoms with Crippen LogP contribution in [0.1, 0.15) is 26.5 Å². The average molecular weight is 329 g/mol. The van der Waals surface area contributed by atoms with E-state index in [0.717, 1.165) is 0 Å². The topological polar surface area (TPSA) is 67.2 Å². The molecule has 1 aliphatic heterocycles. The minimum absolute atomic E-state index is 0.113. The molecule has 6 nitrogen and oxygen atoms in total. The number of amides is 2. The predicted molar refractivity (Wildman–Crippen MR) is 85.5 cm³/mol. The number of fused-ring (bicyclic) bond motifs is 3. The summed E-state index contributed by atoms with van der Waals surface area (Å²) in [6.07, 6.45) is 6.67. The van der Waals surface area contributed by atoms with Crippen LogP contribution >= 0.6 is 11.6 Å². The minimum Gasteiger partial charge on any atom is -0.340 e. The zero-order chi connectivity index (χ0) is 16.6. The Balaban J connectivity index is 2.16. The molecule has 0 radical (unpaired) electrons. The molecule has 1 aromatic heterocycles. The number of hydrogen-bond acceptors (Lipinski definition) is 3. The van der Waals surface area contributed by atoms with Crippen LogP contribution in [0.25, 0.3) is 5.69 Å². The average Bonchev–Trinajstić information content (AvgIpc) is 2.90. The Hall–Kier alpha value is -2.78. The van der Waals surface area contributed by atoms with E-state index >= 15 is 0 Å². The first kappa shape index (κ1) is 15.1. The van der Waals surface area contributed by atoms with Gasteiger partial charge in [0.1, 0.15) is 6.33 Å². The third kappa shape index (κ3) is 2.45. The number of aromatic nitrogens is 2.